The van der Waals surface area contributed by atoms with Gasteiger partial charge in [-0.25, -0.2) is 4.79 Å². The number of rotatable bonds is 11. The Balaban J connectivity index is 1.48. The number of hydrogen-bond donors (Lipinski definition) is 0. The lowest BCUT2D eigenvalue weighted by Gasteiger charge is -2.19. The molecule has 0 aliphatic rings. The van der Waals surface area contributed by atoms with E-state index in [0.29, 0.717) is 34.7 Å². The first-order chi connectivity index (χ1) is 20.6. The normalized spacial score (nSPS) is 10.9. The fraction of sp³-hybridized carbons (Fsp3) is 0.235. The molecule has 220 valence electrons. The number of nitriles is 1. The molecule has 1 heterocycles. The molecule has 9 heteroatoms. The van der Waals surface area contributed by atoms with E-state index in [0.717, 1.165) is 22.3 Å². The largest absolute Gasteiger partial charge is 0.488 e. The van der Waals surface area contributed by atoms with E-state index >= 15 is 0 Å². The van der Waals surface area contributed by atoms with Crippen molar-refractivity contribution in [3.8, 4) is 34.4 Å². The molecule has 0 saturated heterocycles. The maximum atomic E-state index is 12.1. The summed E-state index contributed by atoms with van der Waals surface area (Å²) in [4.78, 5) is 27.8. The van der Waals surface area contributed by atoms with Crippen LogP contribution in [0.4, 0.5) is 0 Å². The van der Waals surface area contributed by atoms with Crippen LogP contribution >= 0.6 is 11.6 Å². The lowest BCUT2D eigenvalue weighted by molar-refractivity contribution is -0.157. The summed E-state index contributed by atoms with van der Waals surface area (Å²) < 4.78 is 23.0. The van der Waals surface area contributed by atoms with E-state index in [1.165, 1.54) is 12.3 Å². The summed E-state index contributed by atoms with van der Waals surface area (Å²) in [5, 5.41) is 9.37. The van der Waals surface area contributed by atoms with Gasteiger partial charge in [0, 0.05) is 24.0 Å². The van der Waals surface area contributed by atoms with E-state index in [-0.39, 0.29) is 30.4 Å². The molecule has 0 bridgehead atoms. The minimum absolute atomic E-state index is 0.103. The second-order valence-corrected chi connectivity index (χ2v) is 11.1. The van der Waals surface area contributed by atoms with Crippen molar-refractivity contribution in [3.05, 3.63) is 106 Å². The first kappa shape index (κ1) is 31.1. The number of carbonyl (C=O) groups is 2. The highest BCUT2D eigenvalue weighted by atomic mass is 35.5. The molecule has 1 aromatic heterocycles. The standard InChI is InChI=1S/C34H31ClN2O6/c1-22-26(8-6-10-29(22)25-7-5-9-28(12-25)40-21-33(39)43-34(2,3)4)20-42-32-14-31(27(18-38)13-30(32)35)41-19-24-11-23(15-36)16-37-17-24/h5-14,16-18H,19-21H2,1-4H3. The Morgan fingerprint density at radius 3 is 2.49 bits per heavy atom. The Kier molecular flexibility index (Phi) is 10.0. The molecule has 43 heavy (non-hydrogen) atoms. The highest BCUT2D eigenvalue weighted by Crippen LogP contribution is 2.34. The van der Waals surface area contributed by atoms with Gasteiger partial charge in [-0.2, -0.15) is 5.26 Å². The zero-order valence-corrected chi connectivity index (χ0v) is 25.1. The Labute approximate surface area is 255 Å². The number of ether oxygens (including phenoxy) is 4. The van der Waals surface area contributed by atoms with Crippen molar-refractivity contribution in [3.63, 3.8) is 0 Å². The molecule has 0 atom stereocenters. The maximum Gasteiger partial charge on any atom is 0.344 e. The molecule has 8 nitrogen and oxygen atoms in total. The van der Waals surface area contributed by atoms with Crippen LogP contribution in [0.3, 0.4) is 0 Å². The number of halogens is 1. The van der Waals surface area contributed by atoms with Gasteiger partial charge >= 0.3 is 5.97 Å². The van der Waals surface area contributed by atoms with E-state index in [1.54, 1.807) is 24.4 Å². The van der Waals surface area contributed by atoms with Gasteiger partial charge in [0.05, 0.1) is 16.1 Å². The van der Waals surface area contributed by atoms with Gasteiger partial charge in [-0.1, -0.05) is 41.9 Å². The van der Waals surface area contributed by atoms with Crippen LogP contribution < -0.4 is 14.2 Å². The van der Waals surface area contributed by atoms with Crippen LogP contribution in [-0.4, -0.2) is 29.4 Å². The van der Waals surface area contributed by atoms with Gasteiger partial charge < -0.3 is 18.9 Å². The molecule has 0 saturated carbocycles. The molecular weight excluding hydrogens is 568 g/mol. The molecule has 0 aliphatic heterocycles. The fourth-order valence-electron chi connectivity index (χ4n) is 4.24. The number of pyridine rings is 1. The van der Waals surface area contributed by atoms with Gasteiger partial charge in [-0.05, 0) is 74.2 Å². The summed E-state index contributed by atoms with van der Waals surface area (Å²) in [5.74, 6) is 0.764. The summed E-state index contributed by atoms with van der Waals surface area (Å²) in [5.41, 5.74) is 4.59. The molecule has 0 spiro atoms. The van der Waals surface area contributed by atoms with Crippen molar-refractivity contribution in [2.75, 3.05) is 6.61 Å². The molecule has 0 amide bonds. The van der Waals surface area contributed by atoms with Gasteiger partial charge in [0.15, 0.2) is 12.9 Å². The average Bonchev–Trinajstić information content (AvgIpc) is 2.98. The van der Waals surface area contributed by atoms with Gasteiger partial charge in [-0.3, -0.25) is 9.78 Å². The van der Waals surface area contributed by atoms with E-state index in [9.17, 15) is 9.59 Å². The quantitative estimate of drug-likeness (QED) is 0.131. The molecule has 0 aliphatic carbocycles. The van der Waals surface area contributed by atoms with E-state index in [1.807, 2.05) is 70.2 Å². The topological polar surface area (TPSA) is 108 Å². The summed E-state index contributed by atoms with van der Waals surface area (Å²) in [6.45, 7) is 7.55. The zero-order valence-electron chi connectivity index (χ0n) is 24.3. The van der Waals surface area contributed by atoms with Crippen LogP contribution in [0.1, 0.15) is 53.4 Å². The van der Waals surface area contributed by atoms with Gasteiger partial charge in [-0.15, -0.1) is 0 Å². The molecule has 3 aromatic carbocycles. The third-order valence-electron chi connectivity index (χ3n) is 6.26. The lowest BCUT2D eigenvalue weighted by atomic mass is 9.96. The van der Waals surface area contributed by atoms with E-state index < -0.39 is 11.6 Å². The highest BCUT2D eigenvalue weighted by Gasteiger charge is 2.17. The molecule has 4 aromatic rings. The second kappa shape index (κ2) is 13.9. The number of nitrogens with zero attached hydrogens (tertiary/aromatic N) is 2. The van der Waals surface area contributed by atoms with Crippen molar-refractivity contribution in [1.82, 2.24) is 4.98 Å². The average molecular weight is 599 g/mol. The lowest BCUT2D eigenvalue weighted by Crippen LogP contribution is -2.27. The number of benzene rings is 3. The van der Waals surface area contributed by atoms with Crippen LogP contribution in [-0.2, 0) is 22.7 Å². The van der Waals surface area contributed by atoms with Crippen LogP contribution in [0.25, 0.3) is 11.1 Å². The smallest absolute Gasteiger partial charge is 0.344 e. The predicted molar refractivity (Wildman–Crippen MR) is 162 cm³/mol. The minimum Gasteiger partial charge on any atom is -0.488 e. The van der Waals surface area contributed by atoms with Gasteiger partial charge in [0.2, 0.25) is 0 Å². The second-order valence-electron chi connectivity index (χ2n) is 10.7. The molecule has 0 N–H and O–H groups in total. The first-order valence-corrected chi connectivity index (χ1v) is 13.9. The van der Waals surface area contributed by atoms with Crippen LogP contribution in [0.15, 0.2) is 73.1 Å². The number of hydrogen-bond acceptors (Lipinski definition) is 8. The maximum absolute atomic E-state index is 12.1. The van der Waals surface area contributed by atoms with Crippen molar-refractivity contribution in [2.45, 2.75) is 46.5 Å². The zero-order chi connectivity index (χ0) is 31.0. The Bertz CT molecular complexity index is 1670. The van der Waals surface area contributed by atoms with Crippen LogP contribution in [0.2, 0.25) is 5.02 Å². The highest BCUT2D eigenvalue weighted by molar-refractivity contribution is 6.32. The SMILES string of the molecule is Cc1c(COc2cc(OCc3cncc(C#N)c3)c(C=O)cc2Cl)cccc1-c1cccc(OCC(=O)OC(C)(C)C)c1. The Morgan fingerprint density at radius 2 is 1.74 bits per heavy atom. The number of carbonyl (C=O) groups excluding carboxylic acids is 2. The van der Waals surface area contributed by atoms with Gasteiger partial charge in [0.1, 0.15) is 42.1 Å². The molecule has 0 fully saturated rings. The number of esters is 1. The number of aldehydes is 1. The third-order valence-corrected chi connectivity index (χ3v) is 6.56. The van der Waals surface area contributed by atoms with Crippen molar-refractivity contribution >= 4 is 23.9 Å². The van der Waals surface area contributed by atoms with Crippen molar-refractivity contribution < 1.29 is 28.5 Å². The van der Waals surface area contributed by atoms with Crippen LogP contribution in [0.5, 0.6) is 17.2 Å². The first-order valence-electron chi connectivity index (χ1n) is 13.5. The molecule has 0 radical (unpaired) electrons. The minimum atomic E-state index is -0.583. The van der Waals surface area contributed by atoms with E-state index in [4.69, 9.17) is 35.8 Å². The molecular formula is C34H31ClN2O6. The number of aromatic nitrogens is 1. The van der Waals surface area contributed by atoms with Crippen molar-refractivity contribution in [1.29, 1.82) is 5.26 Å². The van der Waals surface area contributed by atoms with Gasteiger partial charge in [0.25, 0.3) is 0 Å². The van der Waals surface area contributed by atoms with Crippen LogP contribution in [0, 0.1) is 18.3 Å². The van der Waals surface area contributed by atoms with Crippen molar-refractivity contribution in [2.24, 2.45) is 0 Å². The monoisotopic (exact) mass is 598 g/mol. The fourth-order valence-corrected chi connectivity index (χ4v) is 4.47. The molecule has 0 unspecified atom stereocenters. The summed E-state index contributed by atoms with van der Waals surface area (Å²) >= 11 is 6.44. The Hall–Kier alpha value is -4.87. The summed E-state index contributed by atoms with van der Waals surface area (Å²) in [6.07, 6.45) is 3.71. The third kappa shape index (κ3) is 8.57. The Morgan fingerprint density at radius 1 is 0.977 bits per heavy atom. The molecule has 4 rings (SSSR count). The predicted octanol–water partition coefficient (Wildman–Crippen LogP) is 7.27. The summed E-state index contributed by atoms with van der Waals surface area (Å²) in [7, 11) is 0. The summed E-state index contributed by atoms with van der Waals surface area (Å²) in [6, 6.07) is 20.2. The van der Waals surface area contributed by atoms with E-state index in [2.05, 4.69) is 4.98 Å².